The van der Waals surface area contributed by atoms with E-state index >= 15 is 0 Å². The third-order valence-corrected chi connectivity index (χ3v) is 6.28. The summed E-state index contributed by atoms with van der Waals surface area (Å²) in [6.45, 7) is 0.0996. The van der Waals surface area contributed by atoms with Gasteiger partial charge in [-0.05, 0) is 29.8 Å². The van der Waals surface area contributed by atoms with Crippen LogP contribution >= 0.6 is 11.8 Å². The fourth-order valence-corrected chi connectivity index (χ4v) is 4.39. The molecule has 2 aromatic rings. The van der Waals surface area contributed by atoms with E-state index in [0.29, 0.717) is 5.56 Å². The van der Waals surface area contributed by atoms with Gasteiger partial charge in [-0.2, -0.15) is 0 Å². The molecule has 0 saturated carbocycles. The molecule has 0 atom stereocenters. The number of nitro benzene ring substituents is 1. The second kappa shape index (κ2) is 8.09. The van der Waals surface area contributed by atoms with Crippen molar-refractivity contribution in [3.8, 4) is 5.75 Å². The monoisotopic (exact) mass is 437 g/mol. The first-order chi connectivity index (χ1) is 13.7. The van der Waals surface area contributed by atoms with Gasteiger partial charge in [0.05, 0.1) is 29.2 Å². The lowest BCUT2D eigenvalue weighted by Crippen LogP contribution is -2.27. The van der Waals surface area contributed by atoms with Gasteiger partial charge in [-0.1, -0.05) is 23.9 Å². The maximum absolute atomic E-state index is 12.6. The molecule has 1 saturated heterocycles. The van der Waals surface area contributed by atoms with Crippen molar-refractivity contribution >= 4 is 44.3 Å². The zero-order chi connectivity index (χ0) is 21.2. The minimum absolute atomic E-state index is 0.0533. The normalized spacial score (nSPS) is 14.2. The minimum atomic E-state index is -4.08. The second-order valence-electron chi connectivity index (χ2n) is 5.93. The quantitative estimate of drug-likeness (QED) is 0.516. The molecule has 1 aliphatic rings. The largest absolute Gasteiger partial charge is 0.490 e. The number of ether oxygens (including phenoxy) is 1. The lowest BCUT2D eigenvalue weighted by molar-refractivity contribution is -0.386. The van der Waals surface area contributed by atoms with Crippen LogP contribution in [0.25, 0.3) is 0 Å². The summed E-state index contributed by atoms with van der Waals surface area (Å²) in [5.74, 6) is -0.210. The van der Waals surface area contributed by atoms with E-state index in [1.807, 2.05) is 0 Å². The zero-order valence-electron chi connectivity index (χ0n) is 15.0. The number of nitro groups is 1. The van der Waals surface area contributed by atoms with Crippen LogP contribution in [-0.2, 0) is 21.4 Å². The van der Waals surface area contributed by atoms with E-state index in [9.17, 15) is 28.1 Å². The molecule has 0 spiro atoms. The van der Waals surface area contributed by atoms with Crippen LogP contribution in [0, 0.1) is 10.1 Å². The Balaban J connectivity index is 1.77. The highest BCUT2D eigenvalue weighted by Crippen LogP contribution is 2.30. The molecule has 0 aromatic heterocycles. The van der Waals surface area contributed by atoms with Crippen LogP contribution in [0.1, 0.15) is 5.56 Å². The molecule has 2 aromatic carbocycles. The number of hydrogen-bond donors (Lipinski definition) is 1. The Labute approximate surface area is 170 Å². The van der Waals surface area contributed by atoms with Crippen LogP contribution in [0.15, 0.2) is 47.4 Å². The van der Waals surface area contributed by atoms with Crippen molar-refractivity contribution in [2.75, 3.05) is 17.6 Å². The maximum Gasteiger partial charge on any atom is 0.312 e. The number of anilines is 1. The summed E-state index contributed by atoms with van der Waals surface area (Å²) < 4.78 is 32.3. The molecular formula is C17H15N3O7S2. The van der Waals surface area contributed by atoms with Crippen molar-refractivity contribution in [2.45, 2.75) is 11.4 Å². The number of nitrogens with one attached hydrogen (secondary N) is 1. The minimum Gasteiger partial charge on any atom is -0.490 e. The number of rotatable bonds is 7. The van der Waals surface area contributed by atoms with Crippen LogP contribution in [-0.4, -0.2) is 42.3 Å². The molecule has 1 aliphatic heterocycles. The van der Waals surface area contributed by atoms with Gasteiger partial charge in [-0.15, -0.1) is 0 Å². The Hall–Kier alpha value is -3.12. The summed E-state index contributed by atoms with van der Waals surface area (Å²) in [5, 5.41) is 10.8. The van der Waals surface area contributed by atoms with E-state index < -0.39 is 20.6 Å². The molecular weight excluding hydrogens is 422 g/mol. The number of amides is 2. The van der Waals surface area contributed by atoms with Gasteiger partial charge in [0.2, 0.25) is 5.91 Å². The Morgan fingerprint density at radius 2 is 1.90 bits per heavy atom. The van der Waals surface area contributed by atoms with Gasteiger partial charge >= 0.3 is 5.69 Å². The molecule has 0 unspecified atom stereocenters. The number of nitrogens with zero attached hydrogens (tertiary/aromatic N) is 2. The Kier molecular flexibility index (Phi) is 5.75. The lowest BCUT2D eigenvalue weighted by Gasteiger charge is -2.13. The van der Waals surface area contributed by atoms with E-state index in [0.717, 1.165) is 22.7 Å². The van der Waals surface area contributed by atoms with Crippen molar-refractivity contribution in [3.63, 3.8) is 0 Å². The SMILES string of the molecule is COc1ccc(S(=O)(=O)Nc2ccc(CN3C(=O)CSC3=O)cc2)cc1[N+](=O)[O-]. The number of benzene rings is 2. The highest BCUT2D eigenvalue weighted by Gasteiger charge is 2.29. The molecule has 10 nitrogen and oxygen atoms in total. The van der Waals surface area contributed by atoms with Crippen molar-refractivity contribution in [2.24, 2.45) is 0 Å². The number of sulfonamides is 1. The lowest BCUT2D eigenvalue weighted by atomic mass is 10.2. The predicted molar refractivity (Wildman–Crippen MR) is 105 cm³/mol. The summed E-state index contributed by atoms with van der Waals surface area (Å²) in [6, 6.07) is 9.43. The number of carbonyl (C=O) groups excluding carboxylic acids is 2. The smallest absolute Gasteiger partial charge is 0.312 e. The number of carbonyl (C=O) groups is 2. The summed E-state index contributed by atoms with van der Waals surface area (Å²) in [7, 11) is -2.83. The third-order valence-electron chi connectivity index (χ3n) is 4.04. The van der Waals surface area contributed by atoms with Gasteiger partial charge in [-0.25, -0.2) is 8.42 Å². The van der Waals surface area contributed by atoms with Gasteiger partial charge < -0.3 is 4.74 Å². The van der Waals surface area contributed by atoms with Crippen molar-refractivity contribution in [1.82, 2.24) is 4.90 Å². The summed E-state index contributed by atoms with van der Waals surface area (Å²) in [6.07, 6.45) is 0. The van der Waals surface area contributed by atoms with E-state index in [1.165, 1.54) is 31.4 Å². The van der Waals surface area contributed by atoms with E-state index in [1.54, 1.807) is 12.1 Å². The molecule has 1 N–H and O–H groups in total. The Morgan fingerprint density at radius 1 is 1.21 bits per heavy atom. The van der Waals surface area contributed by atoms with Gasteiger partial charge in [0.15, 0.2) is 5.75 Å². The van der Waals surface area contributed by atoms with E-state index in [-0.39, 0.29) is 39.8 Å². The first-order valence-corrected chi connectivity index (χ1v) is 10.6. The highest BCUT2D eigenvalue weighted by molar-refractivity contribution is 8.14. The standard InChI is InChI=1S/C17H15N3O7S2/c1-27-15-7-6-13(8-14(15)20(23)24)29(25,26)18-12-4-2-11(3-5-12)9-19-16(21)10-28-17(19)22/h2-8,18H,9-10H2,1H3. The van der Waals surface area contributed by atoms with Crippen LogP contribution in [0.3, 0.4) is 0 Å². The van der Waals surface area contributed by atoms with Crippen molar-refractivity contribution in [3.05, 3.63) is 58.1 Å². The number of thioether (sulfide) groups is 1. The van der Waals surface area contributed by atoms with Gasteiger partial charge in [0.25, 0.3) is 15.3 Å². The molecule has 2 amide bonds. The topological polar surface area (TPSA) is 136 Å². The molecule has 29 heavy (non-hydrogen) atoms. The number of imide groups is 1. The zero-order valence-corrected chi connectivity index (χ0v) is 16.7. The number of hydrogen-bond acceptors (Lipinski definition) is 8. The van der Waals surface area contributed by atoms with E-state index in [2.05, 4.69) is 4.72 Å². The third kappa shape index (κ3) is 4.49. The van der Waals surface area contributed by atoms with Crippen molar-refractivity contribution < 1.29 is 27.7 Å². The van der Waals surface area contributed by atoms with Gasteiger partial charge in [0, 0.05) is 11.8 Å². The van der Waals surface area contributed by atoms with E-state index in [4.69, 9.17) is 4.74 Å². The average molecular weight is 437 g/mol. The molecule has 0 bridgehead atoms. The predicted octanol–water partition coefficient (Wildman–Crippen LogP) is 2.60. The molecule has 3 rings (SSSR count). The Bertz CT molecular complexity index is 1070. The summed E-state index contributed by atoms with van der Waals surface area (Å²) in [5.41, 5.74) is 0.404. The highest BCUT2D eigenvalue weighted by atomic mass is 32.2. The first-order valence-electron chi connectivity index (χ1n) is 8.12. The first kappa shape index (κ1) is 20.6. The molecule has 152 valence electrons. The fraction of sp³-hybridized carbons (Fsp3) is 0.176. The number of methoxy groups -OCH3 is 1. The molecule has 0 radical (unpaired) electrons. The molecule has 0 aliphatic carbocycles. The molecule has 1 fully saturated rings. The maximum atomic E-state index is 12.6. The Morgan fingerprint density at radius 3 is 2.45 bits per heavy atom. The van der Waals surface area contributed by atoms with Crippen molar-refractivity contribution in [1.29, 1.82) is 0 Å². The van der Waals surface area contributed by atoms with Crippen LogP contribution in [0.4, 0.5) is 16.2 Å². The average Bonchev–Trinajstić information content (AvgIpc) is 3.00. The molecule has 12 heteroatoms. The summed E-state index contributed by atoms with van der Waals surface area (Å²) >= 11 is 0.936. The molecule has 1 heterocycles. The van der Waals surface area contributed by atoms with Crippen LogP contribution in [0.5, 0.6) is 5.75 Å². The fourth-order valence-electron chi connectivity index (χ4n) is 2.59. The van der Waals surface area contributed by atoms with Crippen LogP contribution < -0.4 is 9.46 Å². The van der Waals surface area contributed by atoms with Gasteiger partial charge in [-0.3, -0.25) is 29.3 Å². The second-order valence-corrected chi connectivity index (χ2v) is 8.54. The van der Waals surface area contributed by atoms with Gasteiger partial charge in [0.1, 0.15) is 0 Å². The summed E-state index contributed by atoms with van der Waals surface area (Å²) in [4.78, 5) is 34.5. The van der Waals surface area contributed by atoms with Crippen LogP contribution in [0.2, 0.25) is 0 Å².